The Kier molecular flexibility index (Phi) is 5.07. The monoisotopic (exact) mass is 343 g/mol. The van der Waals surface area contributed by atoms with Gasteiger partial charge in [0.15, 0.2) is 9.84 Å². The molecule has 2 aromatic carbocycles. The Morgan fingerprint density at radius 3 is 2.33 bits per heavy atom. The molecule has 0 unspecified atom stereocenters. The van der Waals surface area contributed by atoms with Gasteiger partial charge in [-0.1, -0.05) is 36.4 Å². The lowest BCUT2D eigenvalue weighted by Gasteiger charge is -2.29. The Balaban J connectivity index is 1.78. The van der Waals surface area contributed by atoms with Crippen molar-refractivity contribution in [3.05, 3.63) is 65.2 Å². The summed E-state index contributed by atoms with van der Waals surface area (Å²) in [7, 11) is -1.12. The number of benzene rings is 2. The summed E-state index contributed by atoms with van der Waals surface area (Å²) < 4.78 is 25.1. The second kappa shape index (κ2) is 7.08. The molecule has 0 radical (unpaired) electrons. The van der Waals surface area contributed by atoms with Gasteiger partial charge in [-0.15, -0.1) is 0 Å². The van der Waals surface area contributed by atoms with E-state index in [-0.39, 0.29) is 5.75 Å². The molecule has 2 aromatic rings. The minimum atomic E-state index is -3.29. The van der Waals surface area contributed by atoms with Gasteiger partial charge in [-0.25, -0.2) is 8.42 Å². The molecule has 1 aliphatic heterocycles. The topological polar surface area (TPSA) is 37.4 Å². The fourth-order valence-corrected chi connectivity index (χ4v) is 4.86. The van der Waals surface area contributed by atoms with Crippen LogP contribution in [0.25, 0.3) is 0 Å². The van der Waals surface area contributed by atoms with Crippen molar-refractivity contribution in [2.45, 2.75) is 36.3 Å². The van der Waals surface area contributed by atoms with Crippen molar-refractivity contribution in [1.29, 1.82) is 0 Å². The summed E-state index contributed by atoms with van der Waals surface area (Å²) in [4.78, 5) is 2.76. The molecule has 0 spiro atoms. The fourth-order valence-electron chi connectivity index (χ4n) is 3.39. The highest BCUT2D eigenvalue weighted by Gasteiger charge is 2.20. The van der Waals surface area contributed by atoms with Crippen LogP contribution in [0.1, 0.15) is 35.4 Å². The maximum absolute atomic E-state index is 12.6. The predicted molar refractivity (Wildman–Crippen MR) is 98.0 cm³/mol. The van der Waals surface area contributed by atoms with Crippen molar-refractivity contribution in [3.63, 3.8) is 0 Å². The molecule has 0 saturated carbocycles. The van der Waals surface area contributed by atoms with Gasteiger partial charge in [-0.3, -0.25) is 0 Å². The first kappa shape index (κ1) is 17.2. The zero-order chi connectivity index (χ0) is 17.2. The highest BCUT2D eigenvalue weighted by Crippen LogP contribution is 2.29. The number of hydrogen-bond donors (Lipinski definition) is 0. The molecule has 3 nitrogen and oxygen atoms in total. The molecule has 1 aliphatic rings. The summed E-state index contributed by atoms with van der Waals surface area (Å²) >= 11 is 0. The molecule has 1 heterocycles. The summed E-state index contributed by atoms with van der Waals surface area (Å²) in [5.41, 5.74) is 3.32. The number of aryl methyl sites for hydroxylation is 1. The number of sulfone groups is 1. The van der Waals surface area contributed by atoms with Gasteiger partial charge < -0.3 is 4.90 Å². The second-order valence-electron chi connectivity index (χ2n) is 6.84. The Bertz CT molecular complexity index is 792. The number of hydrogen-bond acceptors (Lipinski definition) is 3. The molecule has 0 bridgehead atoms. The maximum Gasteiger partial charge on any atom is 0.182 e. The van der Waals surface area contributed by atoms with E-state index in [2.05, 4.69) is 24.1 Å². The predicted octanol–water partition coefficient (Wildman–Crippen LogP) is 3.78. The van der Waals surface area contributed by atoms with Crippen LogP contribution in [0.5, 0.6) is 0 Å². The van der Waals surface area contributed by atoms with E-state index < -0.39 is 9.84 Å². The molecular weight excluding hydrogens is 318 g/mol. The lowest BCUT2D eigenvalue weighted by atomic mass is 9.88. The lowest BCUT2D eigenvalue weighted by Crippen LogP contribution is -2.29. The first-order valence-electron chi connectivity index (χ1n) is 8.51. The van der Waals surface area contributed by atoms with Crippen molar-refractivity contribution < 1.29 is 8.42 Å². The molecule has 128 valence electrons. The summed E-state index contributed by atoms with van der Waals surface area (Å²) in [5, 5.41) is 0. The number of piperidine rings is 1. The van der Waals surface area contributed by atoms with E-state index in [1.807, 2.05) is 19.1 Å². The van der Waals surface area contributed by atoms with Crippen LogP contribution in [0.2, 0.25) is 0 Å². The van der Waals surface area contributed by atoms with E-state index in [0.29, 0.717) is 10.8 Å². The SMILES string of the molecule is Cc1cc(C2CCN(C)CC2)ccc1CS(=O)(=O)c1ccccc1. The van der Waals surface area contributed by atoms with Crippen LogP contribution in [-0.4, -0.2) is 33.5 Å². The number of likely N-dealkylation sites (tertiary alicyclic amines) is 1. The Hall–Kier alpha value is -1.65. The van der Waals surface area contributed by atoms with Crippen molar-refractivity contribution in [2.24, 2.45) is 0 Å². The van der Waals surface area contributed by atoms with Crippen LogP contribution in [0.15, 0.2) is 53.4 Å². The van der Waals surface area contributed by atoms with Gasteiger partial charge in [0, 0.05) is 0 Å². The molecule has 0 aliphatic carbocycles. The second-order valence-corrected chi connectivity index (χ2v) is 8.83. The van der Waals surface area contributed by atoms with Gasteiger partial charge in [-0.2, -0.15) is 0 Å². The average molecular weight is 343 g/mol. The third kappa shape index (κ3) is 3.87. The molecule has 0 amide bonds. The first-order chi connectivity index (χ1) is 11.5. The minimum Gasteiger partial charge on any atom is -0.306 e. The molecule has 0 atom stereocenters. The standard InChI is InChI=1S/C20H25NO2S/c1-16-14-18(17-10-12-21(2)13-11-17)8-9-19(16)15-24(22,23)20-6-4-3-5-7-20/h3-9,14,17H,10-13,15H2,1-2H3. The number of nitrogens with zero attached hydrogens (tertiary/aromatic N) is 1. The number of rotatable bonds is 4. The van der Waals surface area contributed by atoms with Gasteiger partial charge >= 0.3 is 0 Å². The zero-order valence-corrected chi connectivity index (χ0v) is 15.2. The van der Waals surface area contributed by atoms with Crippen molar-refractivity contribution in [1.82, 2.24) is 4.90 Å². The quantitative estimate of drug-likeness (QED) is 0.848. The highest BCUT2D eigenvalue weighted by atomic mass is 32.2. The van der Waals surface area contributed by atoms with Gasteiger partial charge in [0.2, 0.25) is 0 Å². The van der Waals surface area contributed by atoms with E-state index in [4.69, 9.17) is 0 Å². The zero-order valence-electron chi connectivity index (χ0n) is 14.4. The average Bonchev–Trinajstić information content (AvgIpc) is 2.58. The maximum atomic E-state index is 12.6. The van der Waals surface area contributed by atoms with Crippen LogP contribution in [0.3, 0.4) is 0 Å². The fraction of sp³-hybridized carbons (Fsp3) is 0.400. The van der Waals surface area contributed by atoms with Gasteiger partial charge in [0.25, 0.3) is 0 Å². The van der Waals surface area contributed by atoms with Crippen molar-refractivity contribution >= 4 is 9.84 Å². The summed E-state index contributed by atoms with van der Waals surface area (Å²) in [6, 6.07) is 15.0. The first-order valence-corrected chi connectivity index (χ1v) is 10.2. The third-order valence-corrected chi connectivity index (χ3v) is 6.69. The normalized spacial score (nSPS) is 17.1. The molecule has 1 fully saturated rings. The van der Waals surface area contributed by atoms with E-state index in [1.165, 1.54) is 18.4 Å². The molecule has 4 heteroatoms. The van der Waals surface area contributed by atoms with Gasteiger partial charge in [0.05, 0.1) is 10.6 Å². The van der Waals surface area contributed by atoms with Gasteiger partial charge in [0.1, 0.15) is 0 Å². The minimum absolute atomic E-state index is 0.0660. The Labute approximate surface area is 145 Å². The van der Waals surface area contributed by atoms with Crippen LogP contribution in [0, 0.1) is 6.92 Å². The Morgan fingerprint density at radius 2 is 1.71 bits per heavy atom. The molecule has 3 rings (SSSR count). The molecule has 24 heavy (non-hydrogen) atoms. The highest BCUT2D eigenvalue weighted by molar-refractivity contribution is 7.90. The van der Waals surface area contributed by atoms with Crippen LogP contribution < -0.4 is 0 Å². The summed E-state index contributed by atoms with van der Waals surface area (Å²) in [6.45, 7) is 4.29. The van der Waals surface area contributed by atoms with E-state index >= 15 is 0 Å². The van der Waals surface area contributed by atoms with E-state index in [0.717, 1.165) is 24.2 Å². The Morgan fingerprint density at radius 1 is 1.04 bits per heavy atom. The molecule has 0 aromatic heterocycles. The lowest BCUT2D eigenvalue weighted by molar-refractivity contribution is 0.255. The smallest absolute Gasteiger partial charge is 0.182 e. The van der Waals surface area contributed by atoms with Crippen molar-refractivity contribution in [2.75, 3.05) is 20.1 Å². The van der Waals surface area contributed by atoms with E-state index in [9.17, 15) is 8.42 Å². The molecule has 0 N–H and O–H groups in total. The molecular formula is C20H25NO2S. The van der Waals surface area contributed by atoms with Crippen molar-refractivity contribution in [3.8, 4) is 0 Å². The van der Waals surface area contributed by atoms with Crippen LogP contribution in [-0.2, 0) is 15.6 Å². The summed E-state index contributed by atoms with van der Waals surface area (Å²) in [5.74, 6) is 0.663. The third-order valence-electron chi connectivity index (χ3n) is 5.00. The van der Waals surface area contributed by atoms with Crippen LogP contribution >= 0.6 is 0 Å². The molecule has 1 saturated heterocycles. The largest absolute Gasteiger partial charge is 0.306 e. The summed E-state index contributed by atoms with van der Waals surface area (Å²) in [6.07, 6.45) is 2.36. The van der Waals surface area contributed by atoms with Crippen LogP contribution in [0.4, 0.5) is 0 Å². The van der Waals surface area contributed by atoms with Gasteiger partial charge in [-0.05, 0) is 74.6 Å². The van der Waals surface area contributed by atoms with E-state index in [1.54, 1.807) is 24.3 Å².